The van der Waals surface area contributed by atoms with Crippen LogP contribution in [-0.4, -0.2) is 37.1 Å². The number of aryl methyl sites for hydroxylation is 2. The first-order valence-electron chi connectivity index (χ1n) is 8.74. The summed E-state index contributed by atoms with van der Waals surface area (Å²) in [5.74, 6) is -2.56. The van der Waals surface area contributed by atoms with E-state index in [4.69, 9.17) is 9.72 Å². The van der Waals surface area contributed by atoms with Gasteiger partial charge in [-0.05, 0) is 43.7 Å². The lowest BCUT2D eigenvalue weighted by Gasteiger charge is -2.25. The lowest BCUT2D eigenvalue weighted by molar-refractivity contribution is -0.0102. The van der Waals surface area contributed by atoms with Crippen LogP contribution in [0.3, 0.4) is 0 Å². The molecule has 132 valence electrons. The molecule has 0 N–H and O–H groups in total. The fourth-order valence-corrected chi connectivity index (χ4v) is 3.58. The molecule has 0 atom stereocenters. The molecule has 1 aliphatic heterocycles. The standard InChI is InChI=1S/C18H24F2N2O2/c1-24-17(23)14-12-13-6-3-2-4-7-15(13)21-16(14)22-10-5-8-18(19,20)9-11-22/h12H,2-11H2,1H3. The molecule has 4 nitrogen and oxygen atoms in total. The number of fused-ring (bicyclic) bond motifs is 1. The van der Waals surface area contributed by atoms with Crippen LogP contribution in [0.4, 0.5) is 14.6 Å². The van der Waals surface area contributed by atoms with E-state index in [9.17, 15) is 13.6 Å². The van der Waals surface area contributed by atoms with Gasteiger partial charge in [0.05, 0.1) is 7.11 Å². The number of methoxy groups -OCH3 is 1. The van der Waals surface area contributed by atoms with Gasteiger partial charge < -0.3 is 9.64 Å². The fraction of sp³-hybridized carbons (Fsp3) is 0.667. The number of hydrogen-bond donors (Lipinski definition) is 0. The second-order valence-electron chi connectivity index (χ2n) is 6.71. The molecule has 1 aromatic heterocycles. The van der Waals surface area contributed by atoms with Crippen LogP contribution in [0.2, 0.25) is 0 Å². The maximum atomic E-state index is 13.7. The molecular weight excluding hydrogens is 314 g/mol. The summed E-state index contributed by atoms with van der Waals surface area (Å²) in [5, 5.41) is 0. The molecule has 1 saturated heterocycles. The van der Waals surface area contributed by atoms with E-state index >= 15 is 0 Å². The Balaban J connectivity index is 1.98. The van der Waals surface area contributed by atoms with Crippen molar-refractivity contribution in [3.63, 3.8) is 0 Å². The van der Waals surface area contributed by atoms with E-state index < -0.39 is 11.9 Å². The largest absolute Gasteiger partial charge is 0.465 e. The lowest BCUT2D eigenvalue weighted by atomic mass is 10.0. The summed E-state index contributed by atoms with van der Waals surface area (Å²) in [7, 11) is 1.34. The molecule has 24 heavy (non-hydrogen) atoms. The van der Waals surface area contributed by atoms with Crippen LogP contribution in [0.25, 0.3) is 0 Å². The van der Waals surface area contributed by atoms with Gasteiger partial charge in [-0.1, -0.05) is 6.42 Å². The zero-order chi connectivity index (χ0) is 17.2. The van der Waals surface area contributed by atoms with E-state index in [0.29, 0.717) is 24.3 Å². The number of carbonyl (C=O) groups is 1. The summed E-state index contributed by atoms with van der Waals surface area (Å²) in [4.78, 5) is 18.8. The van der Waals surface area contributed by atoms with E-state index in [2.05, 4.69) is 0 Å². The monoisotopic (exact) mass is 338 g/mol. The maximum absolute atomic E-state index is 13.7. The smallest absolute Gasteiger partial charge is 0.341 e. The summed E-state index contributed by atoms with van der Waals surface area (Å²) in [6.07, 6.45) is 5.19. The molecule has 0 aromatic carbocycles. The van der Waals surface area contributed by atoms with Crippen molar-refractivity contribution >= 4 is 11.8 Å². The Bertz CT molecular complexity index is 619. The molecule has 0 spiro atoms. The number of pyridine rings is 1. The molecule has 0 saturated carbocycles. The Morgan fingerprint density at radius 3 is 2.75 bits per heavy atom. The number of rotatable bonds is 2. The van der Waals surface area contributed by atoms with Crippen molar-refractivity contribution in [1.29, 1.82) is 0 Å². The Morgan fingerprint density at radius 2 is 1.96 bits per heavy atom. The van der Waals surface area contributed by atoms with Gasteiger partial charge in [0.15, 0.2) is 0 Å². The van der Waals surface area contributed by atoms with E-state index in [1.54, 1.807) is 0 Å². The summed E-state index contributed by atoms with van der Waals surface area (Å²) >= 11 is 0. The van der Waals surface area contributed by atoms with Gasteiger partial charge in [-0.15, -0.1) is 0 Å². The third-order valence-electron chi connectivity index (χ3n) is 4.95. The van der Waals surface area contributed by atoms with Crippen molar-refractivity contribution in [2.24, 2.45) is 0 Å². The number of ether oxygens (including phenoxy) is 1. The van der Waals surface area contributed by atoms with Gasteiger partial charge in [0.25, 0.3) is 0 Å². The highest BCUT2D eigenvalue weighted by atomic mass is 19.3. The third kappa shape index (κ3) is 3.68. The number of anilines is 1. The minimum atomic E-state index is -2.63. The molecule has 0 unspecified atom stereocenters. The number of hydrogen-bond acceptors (Lipinski definition) is 4. The van der Waals surface area contributed by atoms with Gasteiger partial charge in [-0.2, -0.15) is 0 Å². The molecule has 2 heterocycles. The SMILES string of the molecule is COC(=O)c1cc2c(nc1N1CCCC(F)(F)CC1)CCCCC2. The van der Waals surface area contributed by atoms with Crippen LogP contribution in [0.15, 0.2) is 6.07 Å². The normalized spacial score (nSPS) is 20.7. The van der Waals surface area contributed by atoms with Crippen LogP contribution < -0.4 is 4.90 Å². The summed E-state index contributed by atoms with van der Waals surface area (Å²) in [6, 6.07) is 1.87. The zero-order valence-electron chi connectivity index (χ0n) is 14.1. The molecular formula is C18H24F2N2O2. The third-order valence-corrected chi connectivity index (χ3v) is 4.95. The molecule has 6 heteroatoms. The Hall–Kier alpha value is -1.72. The minimum Gasteiger partial charge on any atom is -0.465 e. The number of halogens is 2. The first-order chi connectivity index (χ1) is 11.5. The summed E-state index contributed by atoms with van der Waals surface area (Å²) in [5.41, 5.74) is 2.51. The van der Waals surface area contributed by atoms with Crippen molar-refractivity contribution < 1.29 is 18.3 Å². The molecule has 2 aliphatic rings. The van der Waals surface area contributed by atoms with Crippen LogP contribution in [0.1, 0.15) is 60.1 Å². The van der Waals surface area contributed by atoms with E-state index in [1.807, 2.05) is 11.0 Å². The molecule has 3 rings (SSSR count). The summed E-state index contributed by atoms with van der Waals surface area (Å²) < 4.78 is 32.2. The highest BCUT2D eigenvalue weighted by Crippen LogP contribution is 2.32. The minimum absolute atomic E-state index is 0.109. The molecule has 0 amide bonds. The van der Waals surface area contributed by atoms with Crippen LogP contribution in [0.5, 0.6) is 0 Å². The predicted octanol–water partition coefficient (Wildman–Crippen LogP) is 3.76. The Morgan fingerprint density at radius 1 is 1.17 bits per heavy atom. The van der Waals surface area contributed by atoms with Crippen LogP contribution in [-0.2, 0) is 17.6 Å². The number of nitrogens with zero attached hydrogens (tertiary/aromatic N) is 2. The highest BCUT2D eigenvalue weighted by Gasteiger charge is 2.33. The van der Waals surface area contributed by atoms with Crippen molar-refractivity contribution in [2.45, 2.75) is 57.3 Å². The molecule has 0 bridgehead atoms. The van der Waals surface area contributed by atoms with Crippen LogP contribution in [0, 0.1) is 0 Å². The van der Waals surface area contributed by atoms with Crippen molar-refractivity contribution in [3.8, 4) is 0 Å². The van der Waals surface area contributed by atoms with Gasteiger partial charge in [0.2, 0.25) is 5.92 Å². The predicted molar refractivity (Wildman–Crippen MR) is 87.8 cm³/mol. The maximum Gasteiger partial charge on any atom is 0.341 e. The zero-order valence-corrected chi connectivity index (χ0v) is 14.1. The average Bonchev–Trinajstić information content (AvgIpc) is 2.90. The van der Waals surface area contributed by atoms with E-state index in [-0.39, 0.29) is 19.4 Å². The van der Waals surface area contributed by atoms with Gasteiger partial charge in [-0.3, -0.25) is 0 Å². The van der Waals surface area contributed by atoms with Crippen molar-refractivity contribution in [1.82, 2.24) is 4.98 Å². The Kier molecular flexibility index (Phi) is 5.01. The fourth-order valence-electron chi connectivity index (χ4n) is 3.58. The van der Waals surface area contributed by atoms with Gasteiger partial charge >= 0.3 is 5.97 Å². The van der Waals surface area contributed by atoms with Gasteiger partial charge in [0.1, 0.15) is 11.4 Å². The van der Waals surface area contributed by atoms with Gasteiger partial charge in [-0.25, -0.2) is 18.6 Å². The highest BCUT2D eigenvalue weighted by molar-refractivity contribution is 5.95. The Labute approximate surface area is 141 Å². The topological polar surface area (TPSA) is 42.4 Å². The van der Waals surface area contributed by atoms with E-state index in [0.717, 1.165) is 43.4 Å². The number of aromatic nitrogens is 1. The molecule has 0 radical (unpaired) electrons. The number of carbonyl (C=O) groups excluding carboxylic acids is 1. The van der Waals surface area contributed by atoms with Crippen molar-refractivity contribution in [2.75, 3.05) is 25.1 Å². The lowest BCUT2D eigenvalue weighted by Crippen LogP contribution is -2.29. The average molecular weight is 338 g/mol. The van der Waals surface area contributed by atoms with Crippen molar-refractivity contribution in [3.05, 3.63) is 22.9 Å². The molecule has 1 aliphatic carbocycles. The number of esters is 1. The summed E-state index contributed by atoms with van der Waals surface area (Å²) in [6.45, 7) is 0.703. The van der Waals surface area contributed by atoms with Crippen LogP contribution >= 0.6 is 0 Å². The van der Waals surface area contributed by atoms with E-state index in [1.165, 1.54) is 7.11 Å². The second-order valence-corrected chi connectivity index (χ2v) is 6.71. The second kappa shape index (κ2) is 7.03. The molecule has 1 aromatic rings. The first-order valence-corrected chi connectivity index (χ1v) is 8.74. The first kappa shape index (κ1) is 17.1. The number of alkyl halides is 2. The molecule has 1 fully saturated rings. The quantitative estimate of drug-likeness (QED) is 0.608. The van der Waals surface area contributed by atoms with Gasteiger partial charge in [0, 0.05) is 31.6 Å².